The Labute approximate surface area is 158 Å². The molecule has 0 aliphatic carbocycles. The summed E-state index contributed by atoms with van der Waals surface area (Å²) in [6.45, 7) is 3.26. The molecule has 0 radical (unpaired) electrons. The van der Waals surface area contributed by atoms with Crippen molar-refractivity contribution >= 4 is 11.8 Å². The number of nitrogens with zero attached hydrogens (tertiary/aromatic N) is 2. The van der Waals surface area contributed by atoms with Gasteiger partial charge in [-0.1, -0.05) is 0 Å². The number of hydrogen-bond donors (Lipinski definition) is 0. The first-order valence-electron chi connectivity index (χ1n) is 9.12. The SMILES string of the molecule is CCN(CC)C(=O)C1CCN(C(=O)c2ccc(OC(F)F)c(OC)c2)CC1. The van der Waals surface area contributed by atoms with E-state index in [0.717, 1.165) is 0 Å². The first kappa shape index (κ1) is 20.9. The number of benzene rings is 1. The van der Waals surface area contributed by atoms with Crippen molar-refractivity contribution in [2.24, 2.45) is 5.92 Å². The zero-order valence-electron chi connectivity index (χ0n) is 15.9. The van der Waals surface area contributed by atoms with Crippen LogP contribution in [0, 0.1) is 5.92 Å². The molecule has 2 rings (SSSR count). The van der Waals surface area contributed by atoms with E-state index in [1.807, 2.05) is 18.7 Å². The van der Waals surface area contributed by atoms with Crippen LogP contribution in [0.5, 0.6) is 11.5 Å². The summed E-state index contributed by atoms with van der Waals surface area (Å²) in [5, 5.41) is 0. The maximum atomic E-state index is 12.7. The number of piperidine rings is 1. The normalized spacial score (nSPS) is 15.0. The minimum absolute atomic E-state index is 0.0645. The summed E-state index contributed by atoms with van der Waals surface area (Å²) < 4.78 is 34.2. The molecule has 1 saturated heterocycles. The first-order chi connectivity index (χ1) is 12.9. The second kappa shape index (κ2) is 9.53. The number of carbonyl (C=O) groups excluding carboxylic acids is 2. The predicted molar refractivity (Wildman–Crippen MR) is 96.2 cm³/mol. The number of halogens is 2. The van der Waals surface area contributed by atoms with E-state index in [4.69, 9.17) is 4.74 Å². The number of rotatable bonds is 7. The lowest BCUT2D eigenvalue weighted by Crippen LogP contribution is -2.44. The number of alkyl halides is 2. The van der Waals surface area contributed by atoms with Gasteiger partial charge in [-0.3, -0.25) is 9.59 Å². The summed E-state index contributed by atoms with van der Waals surface area (Å²) in [6.07, 6.45) is 1.23. The molecule has 0 saturated carbocycles. The number of carbonyl (C=O) groups is 2. The molecule has 150 valence electrons. The van der Waals surface area contributed by atoms with E-state index in [1.54, 1.807) is 4.90 Å². The average Bonchev–Trinajstić information content (AvgIpc) is 2.68. The van der Waals surface area contributed by atoms with Crippen LogP contribution in [0.25, 0.3) is 0 Å². The van der Waals surface area contributed by atoms with Gasteiger partial charge in [0.15, 0.2) is 11.5 Å². The highest BCUT2D eigenvalue weighted by atomic mass is 19.3. The summed E-state index contributed by atoms with van der Waals surface area (Å²) in [5.41, 5.74) is 0.335. The van der Waals surface area contributed by atoms with Crippen molar-refractivity contribution < 1.29 is 27.8 Å². The van der Waals surface area contributed by atoms with E-state index in [1.165, 1.54) is 25.3 Å². The van der Waals surface area contributed by atoms with Crippen LogP contribution in [0.2, 0.25) is 0 Å². The van der Waals surface area contributed by atoms with Gasteiger partial charge < -0.3 is 19.3 Å². The molecular formula is C19H26F2N2O4. The fraction of sp³-hybridized carbons (Fsp3) is 0.579. The minimum Gasteiger partial charge on any atom is -0.493 e. The van der Waals surface area contributed by atoms with Crippen LogP contribution in [-0.2, 0) is 4.79 Å². The monoisotopic (exact) mass is 384 g/mol. The number of ether oxygens (including phenoxy) is 2. The zero-order valence-corrected chi connectivity index (χ0v) is 15.9. The number of likely N-dealkylation sites (tertiary alicyclic amines) is 1. The molecule has 1 aromatic carbocycles. The van der Waals surface area contributed by atoms with Gasteiger partial charge in [0.05, 0.1) is 7.11 Å². The largest absolute Gasteiger partial charge is 0.493 e. The van der Waals surface area contributed by atoms with Crippen molar-refractivity contribution in [1.29, 1.82) is 0 Å². The first-order valence-corrected chi connectivity index (χ1v) is 9.12. The molecule has 0 spiro atoms. The van der Waals surface area contributed by atoms with Crippen molar-refractivity contribution in [3.05, 3.63) is 23.8 Å². The van der Waals surface area contributed by atoms with Gasteiger partial charge in [0.25, 0.3) is 5.91 Å². The highest BCUT2D eigenvalue weighted by Gasteiger charge is 2.30. The third kappa shape index (κ3) is 5.08. The third-order valence-corrected chi connectivity index (χ3v) is 4.83. The van der Waals surface area contributed by atoms with Gasteiger partial charge in [-0.15, -0.1) is 0 Å². The van der Waals surface area contributed by atoms with E-state index in [-0.39, 0.29) is 29.2 Å². The molecule has 1 aliphatic rings. The number of methoxy groups -OCH3 is 1. The van der Waals surface area contributed by atoms with E-state index in [2.05, 4.69) is 4.74 Å². The Hall–Kier alpha value is -2.38. The highest BCUT2D eigenvalue weighted by Crippen LogP contribution is 2.30. The Bertz CT molecular complexity index is 657. The van der Waals surface area contributed by atoms with Crippen molar-refractivity contribution in [3.8, 4) is 11.5 Å². The van der Waals surface area contributed by atoms with Crippen LogP contribution in [-0.4, -0.2) is 61.5 Å². The van der Waals surface area contributed by atoms with E-state index in [9.17, 15) is 18.4 Å². The molecule has 27 heavy (non-hydrogen) atoms. The van der Waals surface area contributed by atoms with Gasteiger partial charge in [-0.05, 0) is 44.9 Å². The van der Waals surface area contributed by atoms with Gasteiger partial charge in [-0.25, -0.2) is 0 Å². The molecule has 0 N–H and O–H groups in total. The van der Waals surface area contributed by atoms with Crippen molar-refractivity contribution in [2.75, 3.05) is 33.3 Å². The van der Waals surface area contributed by atoms with Gasteiger partial charge in [0, 0.05) is 37.7 Å². The zero-order chi connectivity index (χ0) is 20.0. The summed E-state index contributed by atoms with van der Waals surface area (Å²) in [4.78, 5) is 28.6. The predicted octanol–water partition coefficient (Wildman–Crippen LogP) is 3.02. The summed E-state index contributed by atoms with van der Waals surface area (Å²) in [7, 11) is 1.33. The molecule has 1 heterocycles. The fourth-order valence-electron chi connectivity index (χ4n) is 3.30. The maximum absolute atomic E-state index is 12.7. The van der Waals surface area contributed by atoms with Crippen molar-refractivity contribution in [1.82, 2.24) is 9.80 Å². The molecular weight excluding hydrogens is 358 g/mol. The molecule has 1 aromatic rings. The van der Waals surface area contributed by atoms with Crippen molar-refractivity contribution in [2.45, 2.75) is 33.3 Å². The lowest BCUT2D eigenvalue weighted by molar-refractivity contribution is -0.136. The summed E-state index contributed by atoms with van der Waals surface area (Å²) in [5.74, 6) is -0.182. The topological polar surface area (TPSA) is 59.1 Å². The quantitative estimate of drug-likeness (QED) is 0.725. The van der Waals surface area contributed by atoms with Gasteiger partial charge in [-0.2, -0.15) is 8.78 Å². The highest BCUT2D eigenvalue weighted by molar-refractivity contribution is 5.95. The molecule has 0 aromatic heterocycles. The molecule has 6 nitrogen and oxygen atoms in total. The second-order valence-corrected chi connectivity index (χ2v) is 6.32. The molecule has 2 amide bonds. The Morgan fingerprint density at radius 3 is 2.33 bits per heavy atom. The van der Waals surface area contributed by atoms with Crippen LogP contribution in [0.1, 0.15) is 37.0 Å². The fourth-order valence-corrected chi connectivity index (χ4v) is 3.30. The lowest BCUT2D eigenvalue weighted by atomic mass is 9.94. The third-order valence-electron chi connectivity index (χ3n) is 4.83. The van der Waals surface area contributed by atoms with E-state index >= 15 is 0 Å². The molecule has 1 fully saturated rings. The number of amides is 2. The van der Waals surface area contributed by atoms with E-state index in [0.29, 0.717) is 44.6 Å². The van der Waals surface area contributed by atoms with Crippen LogP contribution in [0.4, 0.5) is 8.78 Å². The maximum Gasteiger partial charge on any atom is 0.387 e. The average molecular weight is 384 g/mol. The summed E-state index contributed by atoms with van der Waals surface area (Å²) >= 11 is 0. The molecule has 0 unspecified atom stereocenters. The van der Waals surface area contributed by atoms with Gasteiger partial charge in [0.2, 0.25) is 5.91 Å². The van der Waals surface area contributed by atoms with Crippen molar-refractivity contribution in [3.63, 3.8) is 0 Å². The smallest absolute Gasteiger partial charge is 0.387 e. The molecule has 8 heteroatoms. The number of hydrogen-bond acceptors (Lipinski definition) is 4. The lowest BCUT2D eigenvalue weighted by Gasteiger charge is -2.33. The Morgan fingerprint density at radius 1 is 1.19 bits per heavy atom. The standard InChI is InChI=1S/C19H26F2N2O4/c1-4-22(5-2)17(24)13-8-10-23(11-9-13)18(25)14-6-7-15(27-19(20)21)16(12-14)26-3/h6-7,12-13,19H,4-5,8-11H2,1-3H3. The Morgan fingerprint density at radius 2 is 1.81 bits per heavy atom. The Kier molecular flexibility index (Phi) is 7.38. The van der Waals surface area contributed by atoms with Crippen LogP contribution in [0.3, 0.4) is 0 Å². The van der Waals surface area contributed by atoms with Gasteiger partial charge >= 0.3 is 6.61 Å². The van der Waals surface area contributed by atoms with Gasteiger partial charge in [0.1, 0.15) is 0 Å². The van der Waals surface area contributed by atoms with Crippen LogP contribution < -0.4 is 9.47 Å². The second-order valence-electron chi connectivity index (χ2n) is 6.32. The summed E-state index contributed by atoms with van der Waals surface area (Å²) in [6, 6.07) is 4.14. The minimum atomic E-state index is -2.97. The molecule has 1 aliphatic heterocycles. The van der Waals surface area contributed by atoms with Crippen LogP contribution in [0.15, 0.2) is 18.2 Å². The van der Waals surface area contributed by atoms with Crippen LogP contribution >= 0.6 is 0 Å². The Balaban J connectivity index is 2.02. The molecule has 0 bridgehead atoms. The van der Waals surface area contributed by atoms with E-state index < -0.39 is 6.61 Å². The molecule has 0 atom stereocenters.